The minimum absolute atomic E-state index is 0.0221. The number of hydrogen-bond donors (Lipinski definition) is 4. The first-order valence-corrected chi connectivity index (χ1v) is 16.0. The van der Waals surface area contributed by atoms with E-state index in [1.54, 1.807) is 12.4 Å². The van der Waals surface area contributed by atoms with Gasteiger partial charge in [-0.3, -0.25) is 34.5 Å². The number of aryl methyl sites for hydroxylation is 1. The number of nitrogens with one attached hydrogen (secondary N) is 4. The lowest BCUT2D eigenvalue weighted by Crippen LogP contribution is -2.39. The molecule has 1 aromatic heterocycles. The number of anilines is 1. The highest BCUT2D eigenvalue weighted by atomic mass is 16.2. The van der Waals surface area contributed by atoms with Crippen molar-refractivity contribution in [1.29, 1.82) is 0 Å². The van der Waals surface area contributed by atoms with E-state index in [0.29, 0.717) is 38.4 Å². The lowest BCUT2D eigenvalue weighted by molar-refractivity contribution is -0.134. The number of fused-ring (bicyclic) bond motifs is 2. The van der Waals surface area contributed by atoms with Crippen LogP contribution in [0.5, 0.6) is 0 Å². The average Bonchev–Trinajstić information content (AvgIpc) is 3.38. The van der Waals surface area contributed by atoms with Crippen molar-refractivity contribution in [1.82, 2.24) is 25.8 Å². The van der Waals surface area contributed by atoms with E-state index in [1.807, 2.05) is 42.3 Å². The number of benzene rings is 1. The molecule has 2 aromatic rings. The molecule has 0 spiro atoms. The van der Waals surface area contributed by atoms with E-state index >= 15 is 0 Å². The quantitative estimate of drug-likeness (QED) is 0.171. The average molecular weight is 628 g/mol. The summed E-state index contributed by atoms with van der Waals surface area (Å²) in [6.07, 6.45) is 12.3. The summed E-state index contributed by atoms with van der Waals surface area (Å²) in [6.45, 7) is 3.76. The molecule has 3 aliphatic heterocycles. The number of hydrogen-bond acceptors (Lipinski definition) is 10. The normalized spacial score (nSPS) is 17.2. The Morgan fingerprint density at radius 1 is 1.00 bits per heavy atom. The molecule has 46 heavy (non-hydrogen) atoms. The van der Waals surface area contributed by atoms with Crippen LogP contribution in [0.2, 0.25) is 0 Å². The van der Waals surface area contributed by atoms with Crippen LogP contribution < -0.4 is 21.3 Å². The topological polar surface area (TPSA) is 170 Å². The van der Waals surface area contributed by atoms with Gasteiger partial charge in [0.2, 0.25) is 23.6 Å². The van der Waals surface area contributed by atoms with Crippen LogP contribution in [0.15, 0.2) is 63.3 Å². The number of unbranched alkanes of at least 4 members (excludes halogenated alkanes) is 5. The molecule has 0 bridgehead atoms. The van der Waals surface area contributed by atoms with Gasteiger partial charge >= 0.3 is 0 Å². The van der Waals surface area contributed by atoms with Gasteiger partial charge in [-0.05, 0) is 61.6 Å². The van der Waals surface area contributed by atoms with Gasteiger partial charge in [-0.1, -0.05) is 25.7 Å². The van der Waals surface area contributed by atoms with E-state index in [1.165, 1.54) is 0 Å². The van der Waals surface area contributed by atoms with Crippen molar-refractivity contribution in [3.63, 3.8) is 0 Å². The van der Waals surface area contributed by atoms with Crippen LogP contribution in [0.4, 0.5) is 5.69 Å². The Bertz CT molecular complexity index is 1600. The number of amides is 4. The molecule has 4 amide bonds. The predicted molar refractivity (Wildman–Crippen MR) is 175 cm³/mol. The van der Waals surface area contributed by atoms with E-state index in [9.17, 15) is 19.2 Å². The number of carbonyl (C=O) groups excluding carboxylic acids is 4. The third-order valence-electron chi connectivity index (χ3n) is 8.16. The fourth-order valence-electron chi connectivity index (χ4n) is 5.68. The lowest BCUT2D eigenvalue weighted by atomic mass is 9.89. The van der Waals surface area contributed by atoms with Gasteiger partial charge in [-0.2, -0.15) is 5.11 Å². The fourth-order valence-corrected chi connectivity index (χ4v) is 5.68. The number of pyridine rings is 1. The first-order chi connectivity index (χ1) is 22.4. The van der Waals surface area contributed by atoms with Crippen LogP contribution in [-0.4, -0.2) is 66.0 Å². The second-order valence-electron chi connectivity index (χ2n) is 11.7. The smallest absolute Gasteiger partial charge is 0.239 e. The van der Waals surface area contributed by atoms with Crippen LogP contribution in [0, 0.1) is 6.92 Å². The van der Waals surface area contributed by atoms with Crippen molar-refractivity contribution >= 4 is 46.4 Å². The zero-order valence-electron chi connectivity index (χ0n) is 26.2. The van der Waals surface area contributed by atoms with Crippen molar-refractivity contribution in [2.24, 2.45) is 15.2 Å². The summed E-state index contributed by atoms with van der Waals surface area (Å²) in [5, 5.41) is 20.4. The molecule has 0 saturated carbocycles. The van der Waals surface area contributed by atoms with Crippen LogP contribution in [0.1, 0.15) is 75.0 Å². The lowest BCUT2D eigenvalue weighted by Gasteiger charge is -2.22. The summed E-state index contributed by atoms with van der Waals surface area (Å²) >= 11 is 0. The third-order valence-corrected chi connectivity index (χ3v) is 8.16. The maximum absolute atomic E-state index is 12.4. The maximum Gasteiger partial charge on any atom is 0.239 e. The van der Waals surface area contributed by atoms with Crippen molar-refractivity contribution in [3.8, 4) is 0 Å². The highest BCUT2D eigenvalue weighted by Gasteiger charge is 2.29. The second kappa shape index (κ2) is 15.9. The summed E-state index contributed by atoms with van der Waals surface area (Å²) in [4.78, 5) is 59.3. The number of imide groups is 1. The van der Waals surface area contributed by atoms with Crippen LogP contribution in [0.3, 0.4) is 0 Å². The van der Waals surface area contributed by atoms with Crippen molar-refractivity contribution in [3.05, 3.63) is 59.3 Å². The Balaban J connectivity index is 0.914. The molecule has 13 heteroatoms. The first-order valence-electron chi connectivity index (χ1n) is 16.0. The summed E-state index contributed by atoms with van der Waals surface area (Å²) in [5.41, 5.74) is 4.01. The molecule has 0 radical (unpaired) electrons. The zero-order valence-corrected chi connectivity index (χ0v) is 26.2. The van der Waals surface area contributed by atoms with Gasteiger partial charge < -0.3 is 20.9 Å². The Kier molecular flexibility index (Phi) is 11.2. The van der Waals surface area contributed by atoms with E-state index in [-0.39, 0.29) is 36.6 Å². The van der Waals surface area contributed by atoms with Gasteiger partial charge in [0.1, 0.15) is 6.67 Å². The largest absolute Gasteiger partial charge is 0.376 e. The summed E-state index contributed by atoms with van der Waals surface area (Å²) in [7, 11) is 0. The molecule has 3 aliphatic rings. The molecule has 4 N–H and O–H groups in total. The molecule has 1 aromatic carbocycles. The van der Waals surface area contributed by atoms with Gasteiger partial charge in [0, 0.05) is 48.7 Å². The van der Waals surface area contributed by atoms with Crippen molar-refractivity contribution in [2.45, 2.75) is 70.6 Å². The molecule has 4 heterocycles. The number of rotatable bonds is 15. The molecule has 0 aliphatic carbocycles. The number of carbonyl (C=O) groups is 4. The highest BCUT2D eigenvalue weighted by Crippen LogP contribution is 2.30. The summed E-state index contributed by atoms with van der Waals surface area (Å²) in [5.74, 6) is -0.331. The maximum atomic E-state index is 12.4. The van der Waals surface area contributed by atoms with Crippen LogP contribution in [-0.2, 0) is 19.2 Å². The van der Waals surface area contributed by atoms with Gasteiger partial charge in [0.15, 0.2) is 5.82 Å². The van der Waals surface area contributed by atoms with Gasteiger partial charge in [-0.25, -0.2) is 0 Å². The zero-order chi connectivity index (χ0) is 32.3. The Morgan fingerprint density at radius 2 is 1.76 bits per heavy atom. The number of aromatic nitrogens is 1. The fraction of sp³-hybridized carbons (Fsp3) is 0.455. The molecular weight excluding hydrogens is 586 g/mol. The van der Waals surface area contributed by atoms with E-state index in [0.717, 1.165) is 71.9 Å². The third kappa shape index (κ3) is 9.05. The van der Waals surface area contributed by atoms with Crippen LogP contribution >= 0.6 is 0 Å². The molecule has 1 fully saturated rings. The standard InChI is InChI=1S/C33H41N9O4/c1-22-27(26-9-11-30(43)40-33(26)46)16-24-15-25(8-10-28(24)39-22)37-19-32(45)36-13-7-5-3-2-4-6-12-35-31(44)14-23-17-34-18-29-41-38-21-42(29)20-23/h8,10,15-18,20,26,37H,2-7,9,11-14,19,21H2,1H3,(H,35,44)(H,36,45)(H,40,43,46). The molecule has 242 valence electrons. The van der Waals surface area contributed by atoms with Gasteiger partial charge in [0.05, 0.1) is 30.6 Å². The minimum Gasteiger partial charge on any atom is -0.376 e. The van der Waals surface area contributed by atoms with Crippen molar-refractivity contribution in [2.75, 3.05) is 31.6 Å². The Labute approximate surface area is 268 Å². The van der Waals surface area contributed by atoms with Crippen LogP contribution in [0.25, 0.3) is 10.9 Å². The number of aliphatic imine (C=N–C) groups is 1. The molecule has 1 saturated heterocycles. The summed E-state index contributed by atoms with van der Waals surface area (Å²) in [6, 6.07) is 7.66. The SMILES string of the molecule is Cc1nc2ccc(NCC(=O)NCCCCCCCCNC(=O)CC3=CN4CN=NC4=CN=C3)cc2cc1C1CCC(=O)NC1=O. The predicted octanol–water partition coefficient (Wildman–Crippen LogP) is 3.93. The number of azo groups is 1. The minimum atomic E-state index is -0.397. The molecule has 1 atom stereocenters. The second-order valence-corrected chi connectivity index (χ2v) is 11.7. The van der Waals surface area contributed by atoms with E-state index < -0.39 is 5.92 Å². The monoisotopic (exact) mass is 627 g/mol. The van der Waals surface area contributed by atoms with Gasteiger partial charge in [0.25, 0.3) is 0 Å². The summed E-state index contributed by atoms with van der Waals surface area (Å²) < 4.78 is 0. The highest BCUT2D eigenvalue weighted by molar-refractivity contribution is 6.01. The molecule has 5 rings (SSSR count). The van der Waals surface area contributed by atoms with E-state index in [2.05, 4.69) is 41.5 Å². The molecule has 13 nitrogen and oxygen atoms in total. The Morgan fingerprint density at radius 3 is 2.54 bits per heavy atom. The molecule has 1 unspecified atom stereocenters. The first kappa shape index (κ1) is 32.5. The Hall–Kier alpha value is -4.94. The molecular formula is C33H41N9O4. The van der Waals surface area contributed by atoms with E-state index in [4.69, 9.17) is 0 Å². The van der Waals surface area contributed by atoms with Gasteiger partial charge in [-0.15, -0.1) is 5.11 Å². The number of nitrogens with zero attached hydrogens (tertiary/aromatic N) is 5. The van der Waals surface area contributed by atoms with Crippen molar-refractivity contribution < 1.29 is 19.2 Å². The number of piperidine rings is 1.